The SMILES string of the molecule is CC1CCC1(O)CC#N. The van der Waals surface area contributed by atoms with Gasteiger partial charge in [0.15, 0.2) is 0 Å². The summed E-state index contributed by atoms with van der Waals surface area (Å²) in [4.78, 5) is 0. The van der Waals surface area contributed by atoms with E-state index < -0.39 is 5.60 Å². The zero-order chi connectivity index (χ0) is 6.91. The molecule has 2 unspecified atom stereocenters. The molecule has 1 aliphatic carbocycles. The van der Waals surface area contributed by atoms with Crippen molar-refractivity contribution >= 4 is 0 Å². The molecule has 1 rings (SSSR count). The maximum absolute atomic E-state index is 9.46. The van der Waals surface area contributed by atoms with Crippen molar-refractivity contribution in [3.63, 3.8) is 0 Å². The molecule has 1 N–H and O–H groups in total. The van der Waals surface area contributed by atoms with Crippen molar-refractivity contribution in [2.45, 2.75) is 31.8 Å². The van der Waals surface area contributed by atoms with Gasteiger partial charge in [-0.25, -0.2) is 0 Å². The summed E-state index contributed by atoms with van der Waals surface area (Å²) in [5.74, 6) is 0.331. The van der Waals surface area contributed by atoms with Crippen LogP contribution in [-0.4, -0.2) is 10.7 Å². The Morgan fingerprint density at radius 1 is 1.89 bits per heavy atom. The predicted molar refractivity (Wildman–Crippen MR) is 33.6 cm³/mol. The van der Waals surface area contributed by atoms with Gasteiger partial charge in [0.05, 0.1) is 18.1 Å². The van der Waals surface area contributed by atoms with E-state index in [2.05, 4.69) is 0 Å². The lowest BCUT2D eigenvalue weighted by Gasteiger charge is -2.41. The van der Waals surface area contributed by atoms with E-state index in [1.807, 2.05) is 13.0 Å². The van der Waals surface area contributed by atoms with Gasteiger partial charge in [-0.05, 0) is 18.8 Å². The van der Waals surface area contributed by atoms with E-state index in [-0.39, 0.29) is 0 Å². The molecular formula is C7H11NO. The van der Waals surface area contributed by atoms with Crippen LogP contribution in [0.3, 0.4) is 0 Å². The molecule has 0 heterocycles. The molecule has 2 atom stereocenters. The van der Waals surface area contributed by atoms with Gasteiger partial charge in [-0.1, -0.05) is 6.92 Å². The van der Waals surface area contributed by atoms with Gasteiger partial charge in [-0.15, -0.1) is 0 Å². The molecule has 2 nitrogen and oxygen atoms in total. The molecule has 0 spiro atoms. The fourth-order valence-corrected chi connectivity index (χ4v) is 1.17. The van der Waals surface area contributed by atoms with Crippen LogP contribution in [0.1, 0.15) is 26.2 Å². The molecule has 2 heteroatoms. The van der Waals surface area contributed by atoms with Crippen LogP contribution >= 0.6 is 0 Å². The Kier molecular flexibility index (Phi) is 1.46. The van der Waals surface area contributed by atoms with Gasteiger partial charge in [0.25, 0.3) is 0 Å². The Bertz CT molecular complexity index is 149. The molecule has 0 saturated heterocycles. The number of hydrogen-bond acceptors (Lipinski definition) is 2. The minimum atomic E-state index is -0.630. The first-order valence-electron chi connectivity index (χ1n) is 3.28. The second kappa shape index (κ2) is 2.00. The van der Waals surface area contributed by atoms with Crippen molar-refractivity contribution in [2.24, 2.45) is 5.92 Å². The lowest BCUT2D eigenvalue weighted by molar-refractivity contribution is -0.0816. The summed E-state index contributed by atoms with van der Waals surface area (Å²) in [5.41, 5.74) is -0.630. The van der Waals surface area contributed by atoms with Crippen LogP contribution in [0.15, 0.2) is 0 Å². The molecule has 0 radical (unpaired) electrons. The number of hydrogen-bond donors (Lipinski definition) is 1. The van der Waals surface area contributed by atoms with E-state index in [0.717, 1.165) is 12.8 Å². The molecule has 1 fully saturated rings. The molecule has 9 heavy (non-hydrogen) atoms. The first-order chi connectivity index (χ1) is 4.19. The highest BCUT2D eigenvalue weighted by molar-refractivity contribution is 4.99. The summed E-state index contributed by atoms with van der Waals surface area (Å²) in [6.45, 7) is 1.99. The minimum absolute atomic E-state index is 0.300. The van der Waals surface area contributed by atoms with Crippen LogP contribution < -0.4 is 0 Å². The minimum Gasteiger partial charge on any atom is -0.389 e. The van der Waals surface area contributed by atoms with Crippen LogP contribution in [0.5, 0.6) is 0 Å². The van der Waals surface area contributed by atoms with Crippen LogP contribution in [0.4, 0.5) is 0 Å². The summed E-state index contributed by atoms with van der Waals surface area (Å²) in [5, 5.41) is 17.7. The Balaban J connectivity index is 2.46. The Morgan fingerprint density at radius 2 is 2.56 bits per heavy atom. The third-order valence-corrected chi connectivity index (χ3v) is 2.31. The zero-order valence-electron chi connectivity index (χ0n) is 5.59. The number of rotatable bonds is 1. The van der Waals surface area contributed by atoms with Crippen molar-refractivity contribution in [3.05, 3.63) is 0 Å². The highest BCUT2D eigenvalue weighted by atomic mass is 16.3. The first kappa shape index (κ1) is 6.57. The van der Waals surface area contributed by atoms with Gasteiger partial charge in [0.2, 0.25) is 0 Å². The summed E-state index contributed by atoms with van der Waals surface area (Å²) in [7, 11) is 0. The van der Waals surface area contributed by atoms with E-state index in [1.54, 1.807) is 0 Å². The van der Waals surface area contributed by atoms with Gasteiger partial charge >= 0.3 is 0 Å². The maximum atomic E-state index is 9.46. The fourth-order valence-electron chi connectivity index (χ4n) is 1.17. The number of aliphatic hydroxyl groups is 1. The van der Waals surface area contributed by atoms with Gasteiger partial charge in [-0.2, -0.15) is 5.26 Å². The molecule has 0 bridgehead atoms. The van der Waals surface area contributed by atoms with Crippen molar-refractivity contribution < 1.29 is 5.11 Å². The number of nitriles is 1. The topological polar surface area (TPSA) is 44.0 Å². The zero-order valence-corrected chi connectivity index (χ0v) is 5.59. The second-order valence-electron chi connectivity index (χ2n) is 2.88. The van der Waals surface area contributed by atoms with Crippen LogP contribution in [0.2, 0.25) is 0 Å². The van der Waals surface area contributed by atoms with E-state index in [9.17, 15) is 5.11 Å². The van der Waals surface area contributed by atoms with Crippen LogP contribution in [0, 0.1) is 17.2 Å². The van der Waals surface area contributed by atoms with Crippen molar-refractivity contribution in [1.82, 2.24) is 0 Å². The van der Waals surface area contributed by atoms with Crippen molar-refractivity contribution in [2.75, 3.05) is 0 Å². The summed E-state index contributed by atoms with van der Waals surface area (Å²) >= 11 is 0. The molecule has 0 amide bonds. The highest BCUT2D eigenvalue weighted by Crippen LogP contribution is 2.40. The summed E-state index contributed by atoms with van der Waals surface area (Å²) < 4.78 is 0. The van der Waals surface area contributed by atoms with Gasteiger partial charge in [0, 0.05) is 0 Å². The van der Waals surface area contributed by atoms with E-state index in [1.165, 1.54) is 0 Å². The maximum Gasteiger partial charge on any atom is 0.0802 e. The van der Waals surface area contributed by atoms with Gasteiger partial charge < -0.3 is 5.11 Å². The Morgan fingerprint density at radius 3 is 2.67 bits per heavy atom. The average molecular weight is 125 g/mol. The molecule has 0 aromatic heterocycles. The summed E-state index contributed by atoms with van der Waals surface area (Å²) in [6, 6.07) is 1.99. The molecule has 1 saturated carbocycles. The molecule has 0 aromatic rings. The highest BCUT2D eigenvalue weighted by Gasteiger charge is 2.41. The quantitative estimate of drug-likeness (QED) is 0.569. The lowest BCUT2D eigenvalue weighted by Crippen LogP contribution is -2.44. The predicted octanol–water partition coefficient (Wildman–Crippen LogP) is 1.06. The standard InChI is InChI=1S/C7H11NO/c1-6-2-3-7(6,9)4-5-8/h6,9H,2-4H2,1H3. The number of nitrogens with zero attached hydrogens (tertiary/aromatic N) is 1. The normalized spacial score (nSPS) is 41.2. The smallest absolute Gasteiger partial charge is 0.0802 e. The van der Waals surface area contributed by atoms with E-state index in [4.69, 9.17) is 5.26 Å². The molecular weight excluding hydrogens is 114 g/mol. The average Bonchev–Trinajstić information content (AvgIpc) is 1.86. The van der Waals surface area contributed by atoms with Gasteiger partial charge in [0.1, 0.15) is 0 Å². The van der Waals surface area contributed by atoms with Crippen molar-refractivity contribution in [3.8, 4) is 6.07 Å². The van der Waals surface area contributed by atoms with E-state index in [0.29, 0.717) is 12.3 Å². The Hall–Kier alpha value is -0.550. The first-order valence-corrected chi connectivity index (χ1v) is 3.28. The summed E-state index contributed by atoms with van der Waals surface area (Å²) in [6.07, 6.45) is 2.17. The van der Waals surface area contributed by atoms with Crippen molar-refractivity contribution in [1.29, 1.82) is 5.26 Å². The monoisotopic (exact) mass is 125 g/mol. The molecule has 1 aliphatic rings. The third kappa shape index (κ3) is 0.927. The fraction of sp³-hybridized carbons (Fsp3) is 0.857. The van der Waals surface area contributed by atoms with E-state index >= 15 is 0 Å². The van der Waals surface area contributed by atoms with Crippen LogP contribution in [0.25, 0.3) is 0 Å². The lowest BCUT2D eigenvalue weighted by atomic mass is 9.69. The van der Waals surface area contributed by atoms with Gasteiger partial charge in [-0.3, -0.25) is 0 Å². The largest absolute Gasteiger partial charge is 0.389 e. The molecule has 0 aliphatic heterocycles. The Labute approximate surface area is 55.1 Å². The van der Waals surface area contributed by atoms with Crippen LogP contribution in [-0.2, 0) is 0 Å². The molecule has 0 aromatic carbocycles. The molecule has 50 valence electrons. The third-order valence-electron chi connectivity index (χ3n) is 2.31. The second-order valence-corrected chi connectivity index (χ2v) is 2.88.